The zero-order valence-corrected chi connectivity index (χ0v) is 12.5. The molecule has 0 bridgehead atoms. The molecule has 0 amide bonds. The van der Waals surface area contributed by atoms with Crippen molar-refractivity contribution in [2.75, 3.05) is 0 Å². The van der Waals surface area contributed by atoms with Gasteiger partial charge in [0.05, 0.1) is 5.38 Å². The largest absolute Gasteiger partial charge is 0.118 e. The first-order valence-electron chi connectivity index (χ1n) is 7.38. The summed E-state index contributed by atoms with van der Waals surface area (Å²) in [7, 11) is 0. The highest BCUT2D eigenvalue weighted by molar-refractivity contribution is 6.22. The maximum atomic E-state index is 6.68. The lowest BCUT2D eigenvalue weighted by Gasteiger charge is -2.17. The summed E-state index contributed by atoms with van der Waals surface area (Å²) in [6.07, 6.45) is 4.64. The van der Waals surface area contributed by atoms with Crippen molar-refractivity contribution in [3.05, 3.63) is 47.0 Å². The number of hydrogen-bond acceptors (Lipinski definition) is 0. The van der Waals surface area contributed by atoms with Crippen LogP contribution in [0, 0.1) is 5.92 Å². The topological polar surface area (TPSA) is 0 Å². The summed E-state index contributed by atoms with van der Waals surface area (Å²) in [6.45, 7) is 4.53. The summed E-state index contributed by atoms with van der Waals surface area (Å²) < 4.78 is 0. The minimum absolute atomic E-state index is 0.139. The van der Waals surface area contributed by atoms with Crippen LogP contribution in [0.4, 0.5) is 0 Å². The van der Waals surface area contributed by atoms with E-state index in [1.807, 2.05) is 0 Å². The molecule has 0 saturated carbocycles. The molecule has 0 saturated heterocycles. The van der Waals surface area contributed by atoms with Crippen LogP contribution in [-0.2, 0) is 12.8 Å². The molecule has 1 aliphatic rings. The monoisotopic (exact) mass is 272 g/mol. The maximum absolute atomic E-state index is 6.68. The maximum Gasteiger partial charge on any atom is 0.0593 e. The first-order chi connectivity index (χ1) is 9.20. The molecule has 100 valence electrons. The highest BCUT2D eigenvalue weighted by atomic mass is 35.5. The Hall–Kier alpha value is -1.01. The molecule has 3 rings (SSSR count). The fraction of sp³-hybridized carbons (Fsp3) is 0.444. The van der Waals surface area contributed by atoms with Crippen LogP contribution in [-0.4, -0.2) is 0 Å². The van der Waals surface area contributed by atoms with Gasteiger partial charge in [0.15, 0.2) is 0 Å². The van der Waals surface area contributed by atoms with Crippen molar-refractivity contribution in [2.45, 2.75) is 44.9 Å². The quantitative estimate of drug-likeness (QED) is 0.631. The van der Waals surface area contributed by atoms with Gasteiger partial charge in [0.1, 0.15) is 0 Å². The SMILES string of the molecule is CCC(C)CC(Cl)c1ccc2c3c(cccc13)CC2. The standard InChI is InChI=1S/C18H21Cl/c1-3-12(2)11-17(19)15-10-9-14-8-7-13-5-4-6-16(15)18(13)14/h4-6,9-10,12,17H,3,7-8,11H2,1-2H3. The molecule has 19 heavy (non-hydrogen) atoms. The summed E-state index contributed by atoms with van der Waals surface area (Å²) in [5.74, 6) is 0.686. The average Bonchev–Trinajstić information content (AvgIpc) is 2.84. The highest BCUT2D eigenvalue weighted by Crippen LogP contribution is 2.38. The van der Waals surface area contributed by atoms with Crippen LogP contribution in [0.25, 0.3) is 10.8 Å². The molecule has 1 heteroatoms. The molecule has 0 radical (unpaired) electrons. The molecule has 0 fully saturated rings. The Balaban J connectivity index is 2.06. The fourth-order valence-electron chi connectivity index (χ4n) is 3.19. The van der Waals surface area contributed by atoms with Crippen molar-refractivity contribution in [1.29, 1.82) is 0 Å². The normalized spacial score (nSPS) is 16.8. The fourth-order valence-corrected chi connectivity index (χ4v) is 3.68. The van der Waals surface area contributed by atoms with Crippen LogP contribution in [0.1, 0.15) is 48.8 Å². The summed E-state index contributed by atoms with van der Waals surface area (Å²) in [5.41, 5.74) is 4.33. The molecule has 0 aliphatic heterocycles. The molecular weight excluding hydrogens is 252 g/mol. The van der Waals surface area contributed by atoms with Crippen molar-refractivity contribution in [3.8, 4) is 0 Å². The Labute approximate surface area is 120 Å². The summed E-state index contributed by atoms with van der Waals surface area (Å²) in [6, 6.07) is 11.2. The second-order valence-corrected chi connectivity index (χ2v) is 6.40. The number of benzene rings is 2. The molecule has 0 N–H and O–H groups in total. The lowest BCUT2D eigenvalue weighted by molar-refractivity contribution is 0.509. The van der Waals surface area contributed by atoms with Crippen molar-refractivity contribution in [1.82, 2.24) is 0 Å². The third-order valence-electron chi connectivity index (χ3n) is 4.55. The number of halogens is 1. The number of rotatable bonds is 4. The minimum atomic E-state index is 0.139. The van der Waals surface area contributed by atoms with Gasteiger partial charge in [0.25, 0.3) is 0 Å². The second-order valence-electron chi connectivity index (χ2n) is 5.87. The first-order valence-corrected chi connectivity index (χ1v) is 7.81. The zero-order chi connectivity index (χ0) is 13.4. The van der Waals surface area contributed by atoms with Gasteiger partial charge >= 0.3 is 0 Å². The van der Waals surface area contributed by atoms with Gasteiger partial charge in [0.2, 0.25) is 0 Å². The van der Waals surface area contributed by atoms with E-state index in [9.17, 15) is 0 Å². The Kier molecular flexibility index (Phi) is 3.54. The van der Waals surface area contributed by atoms with E-state index in [1.165, 1.54) is 46.7 Å². The van der Waals surface area contributed by atoms with Gasteiger partial charge in [-0.25, -0.2) is 0 Å². The van der Waals surface area contributed by atoms with Gasteiger partial charge in [0, 0.05) is 0 Å². The second kappa shape index (κ2) is 5.17. The van der Waals surface area contributed by atoms with Gasteiger partial charge in [-0.15, -0.1) is 11.6 Å². The van der Waals surface area contributed by atoms with Gasteiger partial charge < -0.3 is 0 Å². The molecule has 2 unspecified atom stereocenters. The molecule has 0 aromatic heterocycles. The van der Waals surface area contributed by atoms with E-state index >= 15 is 0 Å². The van der Waals surface area contributed by atoms with E-state index in [4.69, 9.17) is 11.6 Å². The van der Waals surface area contributed by atoms with E-state index in [-0.39, 0.29) is 5.38 Å². The van der Waals surface area contributed by atoms with Gasteiger partial charge in [-0.2, -0.15) is 0 Å². The van der Waals surface area contributed by atoms with E-state index < -0.39 is 0 Å². The van der Waals surface area contributed by atoms with Gasteiger partial charge in [-0.3, -0.25) is 0 Å². The Morgan fingerprint density at radius 3 is 2.58 bits per heavy atom. The highest BCUT2D eigenvalue weighted by Gasteiger charge is 2.19. The van der Waals surface area contributed by atoms with E-state index in [1.54, 1.807) is 0 Å². The van der Waals surface area contributed by atoms with Crippen molar-refractivity contribution in [2.24, 2.45) is 5.92 Å². The molecule has 2 aromatic rings. The third kappa shape index (κ3) is 2.27. The summed E-state index contributed by atoms with van der Waals surface area (Å²) in [4.78, 5) is 0. The predicted octanol–water partition coefficient (Wildman–Crippen LogP) is 5.65. The Bertz CT molecular complexity index is 590. The predicted molar refractivity (Wildman–Crippen MR) is 84.0 cm³/mol. The molecule has 2 atom stereocenters. The summed E-state index contributed by atoms with van der Waals surface area (Å²) >= 11 is 6.68. The van der Waals surface area contributed by atoms with Gasteiger partial charge in [-0.05, 0) is 52.6 Å². The van der Waals surface area contributed by atoms with E-state index in [2.05, 4.69) is 44.2 Å². The van der Waals surface area contributed by atoms with Crippen molar-refractivity contribution < 1.29 is 0 Å². The van der Waals surface area contributed by atoms with Crippen LogP contribution < -0.4 is 0 Å². The summed E-state index contributed by atoms with van der Waals surface area (Å²) in [5, 5.41) is 3.01. The third-order valence-corrected chi connectivity index (χ3v) is 4.97. The molecule has 0 nitrogen and oxygen atoms in total. The average molecular weight is 273 g/mol. The minimum Gasteiger partial charge on any atom is -0.118 e. The van der Waals surface area contributed by atoms with Crippen LogP contribution in [0.3, 0.4) is 0 Å². The molecule has 1 aliphatic carbocycles. The number of hydrogen-bond donors (Lipinski definition) is 0. The first kappa shape index (κ1) is 13.0. The Morgan fingerprint density at radius 1 is 1.11 bits per heavy atom. The molecule has 0 heterocycles. The van der Waals surface area contributed by atoms with Gasteiger partial charge in [-0.1, -0.05) is 50.6 Å². The molecule has 0 spiro atoms. The van der Waals surface area contributed by atoms with E-state index in [0.29, 0.717) is 5.92 Å². The van der Waals surface area contributed by atoms with Crippen LogP contribution in [0.2, 0.25) is 0 Å². The van der Waals surface area contributed by atoms with Crippen LogP contribution in [0.15, 0.2) is 30.3 Å². The van der Waals surface area contributed by atoms with Crippen molar-refractivity contribution in [3.63, 3.8) is 0 Å². The zero-order valence-electron chi connectivity index (χ0n) is 11.7. The lowest BCUT2D eigenvalue weighted by atomic mass is 9.93. The lowest BCUT2D eigenvalue weighted by Crippen LogP contribution is -2.00. The number of alkyl halides is 1. The number of aryl methyl sites for hydroxylation is 2. The molecule has 2 aromatic carbocycles. The Morgan fingerprint density at radius 2 is 1.84 bits per heavy atom. The molecular formula is C18H21Cl. The van der Waals surface area contributed by atoms with Crippen LogP contribution in [0.5, 0.6) is 0 Å². The van der Waals surface area contributed by atoms with Crippen molar-refractivity contribution >= 4 is 22.4 Å². The smallest absolute Gasteiger partial charge is 0.0593 e. The van der Waals surface area contributed by atoms with Crippen LogP contribution >= 0.6 is 11.6 Å². The van der Waals surface area contributed by atoms with E-state index in [0.717, 1.165) is 6.42 Å².